The van der Waals surface area contributed by atoms with Gasteiger partial charge in [-0.05, 0) is 19.1 Å². The maximum Gasteiger partial charge on any atom is 0.247 e. The predicted octanol–water partition coefficient (Wildman–Crippen LogP) is 1.73. The van der Waals surface area contributed by atoms with Crippen molar-refractivity contribution in [1.82, 2.24) is 15.5 Å². The van der Waals surface area contributed by atoms with Crippen molar-refractivity contribution in [1.29, 1.82) is 0 Å². The molecule has 4 heteroatoms. The minimum absolute atomic E-state index is 0.395. The Labute approximate surface area is 93.7 Å². The van der Waals surface area contributed by atoms with E-state index in [1.807, 2.05) is 24.3 Å². The van der Waals surface area contributed by atoms with Crippen LogP contribution in [-0.2, 0) is 0 Å². The number of aryl methyl sites for hydroxylation is 1. The fourth-order valence-electron chi connectivity index (χ4n) is 1.68. The Bertz CT molecular complexity index is 485. The molecule has 0 bridgehead atoms. The Kier molecular flexibility index (Phi) is 2.22. The smallest absolute Gasteiger partial charge is 0.247 e. The summed E-state index contributed by atoms with van der Waals surface area (Å²) in [6.07, 6.45) is 0. The lowest BCUT2D eigenvalue weighted by Crippen LogP contribution is -2.40. The van der Waals surface area contributed by atoms with Crippen LogP contribution in [0.3, 0.4) is 0 Å². The molecule has 1 fully saturated rings. The van der Waals surface area contributed by atoms with Crippen LogP contribution in [0.5, 0.6) is 0 Å². The molecule has 1 aliphatic rings. The van der Waals surface area contributed by atoms with Crippen LogP contribution >= 0.6 is 0 Å². The number of nitrogens with zero attached hydrogens (tertiary/aromatic N) is 2. The van der Waals surface area contributed by atoms with Gasteiger partial charge in [0.25, 0.3) is 0 Å². The zero-order valence-electron chi connectivity index (χ0n) is 9.10. The van der Waals surface area contributed by atoms with E-state index in [1.54, 1.807) is 0 Å². The molecular weight excluding hydrogens is 202 g/mol. The van der Waals surface area contributed by atoms with Gasteiger partial charge in [0, 0.05) is 18.7 Å². The van der Waals surface area contributed by atoms with Crippen molar-refractivity contribution >= 4 is 0 Å². The van der Waals surface area contributed by atoms with E-state index in [1.165, 1.54) is 5.56 Å². The summed E-state index contributed by atoms with van der Waals surface area (Å²) in [5, 5.41) is 11.3. The van der Waals surface area contributed by atoms with E-state index >= 15 is 0 Å². The highest BCUT2D eigenvalue weighted by molar-refractivity contribution is 5.52. The van der Waals surface area contributed by atoms with E-state index in [-0.39, 0.29) is 0 Å². The van der Waals surface area contributed by atoms with Crippen molar-refractivity contribution in [3.63, 3.8) is 0 Å². The Hall–Kier alpha value is -1.68. The number of benzene rings is 1. The Morgan fingerprint density at radius 1 is 1.19 bits per heavy atom. The number of hydrogen-bond donors (Lipinski definition) is 1. The van der Waals surface area contributed by atoms with Gasteiger partial charge in [-0.15, -0.1) is 10.2 Å². The molecule has 1 aromatic heterocycles. The van der Waals surface area contributed by atoms with Crippen molar-refractivity contribution in [2.24, 2.45) is 0 Å². The van der Waals surface area contributed by atoms with Gasteiger partial charge in [-0.25, -0.2) is 0 Å². The molecule has 0 amide bonds. The third-order valence-electron chi connectivity index (χ3n) is 2.87. The predicted molar refractivity (Wildman–Crippen MR) is 60.1 cm³/mol. The first-order valence-electron chi connectivity index (χ1n) is 5.44. The topological polar surface area (TPSA) is 51.0 Å². The molecule has 2 heterocycles. The summed E-state index contributed by atoms with van der Waals surface area (Å²) in [5.41, 5.74) is 2.21. The Balaban J connectivity index is 1.88. The normalized spacial score (nSPS) is 16.1. The van der Waals surface area contributed by atoms with Gasteiger partial charge in [-0.3, -0.25) is 0 Å². The van der Waals surface area contributed by atoms with Gasteiger partial charge >= 0.3 is 0 Å². The molecule has 0 unspecified atom stereocenters. The fraction of sp³-hybridized carbons (Fsp3) is 0.333. The van der Waals surface area contributed by atoms with Crippen LogP contribution in [0, 0.1) is 6.92 Å². The second kappa shape index (κ2) is 3.72. The zero-order chi connectivity index (χ0) is 11.0. The van der Waals surface area contributed by atoms with Crippen molar-refractivity contribution in [3.05, 3.63) is 35.7 Å². The highest BCUT2D eigenvalue weighted by Crippen LogP contribution is 2.23. The second-order valence-electron chi connectivity index (χ2n) is 4.17. The first kappa shape index (κ1) is 9.54. The lowest BCUT2D eigenvalue weighted by Gasteiger charge is -2.22. The Morgan fingerprint density at radius 3 is 2.56 bits per heavy atom. The summed E-state index contributed by atoms with van der Waals surface area (Å²) < 4.78 is 5.65. The molecule has 1 N–H and O–H groups in total. The number of aromatic nitrogens is 2. The van der Waals surface area contributed by atoms with Crippen LogP contribution < -0.4 is 5.32 Å². The van der Waals surface area contributed by atoms with Crippen molar-refractivity contribution in [2.45, 2.75) is 12.8 Å². The molecule has 1 saturated heterocycles. The van der Waals surface area contributed by atoms with Crippen molar-refractivity contribution in [2.75, 3.05) is 13.1 Å². The van der Waals surface area contributed by atoms with Gasteiger partial charge in [0.2, 0.25) is 11.8 Å². The molecule has 16 heavy (non-hydrogen) atoms. The molecule has 0 atom stereocenters. The standard InChI is InChI=1S/C12H13N3O/c1-8-2-4-9(5-3-8)11-14-15-12(16-11)10-6-13-7-10/h2-5,10,13H,6-7H2,1H3. The zero-order valence-corrected chi connectivity index (χ0v) is 9.10. The number of hydrogen-bond acceptors (Lipinski definition) is 4. The third kappa shape index (κ3) is 1.61. The van der Waals surface area contributed by atoms with Gasteiger partial charge in [0.15, 0.2) is 0 Å². The van der Waals surface area contributed by atoms with Crippen LogP contribution in [0.15, 0.2) is 28.7 Å². The fourth-order valence-corrected chi connectivity index (χ4v) is 1.68. The van der Waals surface area contributed by atoms with E-state index in [9.17, 15) is 0 Å². The van der Waals surface area contributed by atoms with Gasteiger partial charge in [0.1, 0.15) is 0 Å². The second-order valence-corrected chi connectivity index (χ2v) is 4.17. The van der Waals surface area contributed by atoms with Crippen LogP contribution in [0.1, 0.15) is 17.4 Å². The van der Waals surface area contributed by atoms with Gasteiger partial charge in [-0.2, -0.15) is 0 Å². The molecule has 1 aliphatic heterocycles. The minimum Gasteiger partial charge on any atom is -0.420 e. The summed E-state index contributed by atoms with van der Waals surface area (Å²) >= 11 is 0. The molecule has 1 aromatic carbocycles. The van der Waals surface area contributed by atoms with Crippen LogP contribution in [0.25, 0.3) is 11.5 Å². The van der Waals surface area contributed by atoms with Crippen LogP contribution in [0.2, 0.25) is 0 Å². The van der Waals surface area contributed by atoms with Crippen LogP contribution in [0.4, 0.5) is 0 Å². The largest absolute Gasteiger partial charge is 0.420 e. The lowest BCUT2D eigenvalue weighted by molar-refractivity contribution is 0.361. The quantitative estimate of drug-likeness (QED) is 0.829. The first-order chi connectivity index (χ1) is 7.83. The highest BCUT2D eigenvalue weighted by Gasteiger charge is 2.24. The van der Waals surface area contributed by atoms with E-state index < -0.39 is 0 Å². The molecule has 2 aromatic rings. The van der Waals surface area contributed by atoms with E-state index in [2.05, 4.69) is 22.4 Å². The molecule has 4 nitrogen and oxygen atoms in total. The molecule has 0 spiro atoms. The number of nitrogens with one attached hydrogen (secondary N) is 1. The summed E-state index contributed by atoms with van der Waals surface area (Å²) in [7, 11) is 0. The van der Waals surface area contributed by atoms with Gasteiger partial charge in [0.05, 0.1) is 5.92 Å². The number of rotatable bonds is 2. The van der Waals surface area contributed by atoms with Crippen molar-refractivity contribution in [3.8, 4) is 11.5 Å². The summed E-state index contributed by atoms with van der Waals surface area (Å²) in [6, 6.07) is 8.10. The average molecular weight is 215 g/mol. The highest BCUT2D eigenvalue weighted by atomic mass is 16.4. The van der Waals surface area contributed by atoms with Crippen LogP contribution in [-0.4, -0.2) is 23.3 Å². The summed E-state index contributed by atoms with van der Waals surface area (Å²) in [6.45, 7) is 3.94. The molecule has 82 valence electrons. The maximum absolute atomic E-state index is 5.65. The SMILES string of the molecule is Cc1ccc(-c2nnc(C3CNC3)o2)cc1. The van der Waals surface area contributed by atoms with Crippen molar-refractivity contribution < 1.29 is 4.42 Å². The monoisotopic (exact) mass is 215 g/mol. The van der Waals surface area contributed by atoms with E-state index in [4.69, 9.17) is 4.42 Å². The van der Waals surface area contributed by atoms with E-state index in [0.717, 1.165) is 24.5 Å². The first-order valence-corrected chi connectivity index (χ1v) is 5.44. The summed E-state index contributed by atoms with van der Waals surface area (Å²) in [5.74, 6) is 1.75. The third-order valence-corrected chi connectivity index (χ3v) is 2.87. The molecule has 0 aliphatic carbocycles. The van der Waals surface area contributed by atoms with E-state index in [0.29, 0.717) is 11.8 Å². The summed E-state index contributed by atoms with van der Waals surface area (Å²) in [4.78, 5) is 0. The maximum atomic E-state index is 5.65. The van der Waals surface area contributed by atoms with Gasteiger partial charge < -0.3 is 9.73 Å². The molecule has 3 rings (SSSR count). The molecule has 0 radical (unpaired) electrons. The Morgan fingerprint density at radius 2 is 1.94 bits per heavy atom. The lowest BCUT2D eigenvalue weighted by atomic mass is 10.0. The molecular formula is C12H13N3O. The molecule has 0 saturated carbocycles. The van der Waals surface area contributed by atoms with Gasteiger partial charge in [-0.1, -0.05) is 17.7 Å². The average Bonchev–Trinajstić information content (AvgIpc) is 2.65. The minimum atomic E-state index is 0.395.